The molecule has 5 heteroatoms. The van der Waals surface area contributed by atoms with Crippen LogP contribution in [0.3, 0.4) is 0 Å². The number of hydrogen-bond acceptors (Lipinski definition) is 5. The summed E-state index contributed by atoms with van der Waals surface area (Å²) < 4.78 is 9.46. The monoisotopic (exact) mass is 227 g/mol. The molecule has 0 fully saturated rings. The van der Waals surface area contributed by atoms with Crippen molar-refractivity contribution in [1.82, 2.24) is 0 Å². The van der Waals surface area contributed by atoms with Gasteiger partial charge in [-0.25, -0.2) is 9.59 Å². The van der Waals surface area contributed by atoms with Gasteiger partial charge in [0.2, 0.25) is 5.54 Å². The minimum atomic E-state index is -1.93. The Labute approximate surface area is 95.3 Å². The van der Waals surface area contributed by atoms with E-state index in [2.05, 4.69) is 10.7 Å². The van der Waals surface area contributed by atoms with Crippen molar-refractivity contribution in [2.75, 3.05) is 7.11 Å². The van der Waals surface area contributed by atoms with E-state index in [1.54, 1.807) is 20.8 Å². The Bertz CT molecular complexity index is 324. The third kappa shape index (κ3) is 3.55. The number of ether oxygens (including phenoxy) is 2. The van der Waals surface area contributed by atoms with Gasteiger partial charge in [-0.3, -0.25) is 0 Å². The molecule has 16 heavy (non-hydrogen) atoms. The topological polar surface area (TPSA) is 78.6 Å². The van der Waals surface area contributed by atoms with E-state index in [4.69, 9.17) is 16.9 Å². The van der Waals surface area contributed by atoms with Crippen molar-refractivity contribution < 1.29 is 19.1 Å². The van der Waals surface area contributed by atoms with Crippen LogP contribution in [0.15, 0.2) is 0 Å². The van der Waals surface area contributed by atoms with Crippen LogP contribution in [-0.4, -0.2) is 30.2 Å². The normalized spacial score (nSPS) is 14.5. The van der Waals surface area contributed by atoms with E-state index in [-0.39, 0.29) is 6.42 Å². The van der Waals surface area contributed by atoms with E-state index in [0.717, 1.165) is 7.11 Å². The van der Waals surface area contributed by atoms with E-state index in [1.807, 2.05) is 0 Å². The van der Waals surface area contributed by atoms with E-state index in [0.29, 0.717) is 0 Å². The lowest BCUT2D eigenvalue weighted by Gasteiger charge is -2.27. The summed E-state index contributed by atoms with van der Waals surface area (Å²) >= 11 is 0. The third-order valence-electron chi connectivity index (χ3n) is 1.69. The average Bonchev–Trinajstić information content (AvgIpc) is 2.14. The fourth-order valence-electron chi connectivity index (χ4n) is 0.940. The zero-order valence-electron chi connectivity index (χ0n) is 9.99. The molecular weight excluding hydrogens is 210 g/mol. The molecule has 90 valence electrons. The van der Waals surface area contributed by atoms with E-state index in [1.165, 1.54) is 0 Å². The second-order valence-corrected chi connectivity index (χ2v) is 4.35. The molecule has 0 heterocycles. The van der Waals surface area contributed by atoms with Crippen LogP contribution < -0.4 is 5.73 Å². The maximum absolute atomic E-state index is 11.7. The van der Waals surface area contributed by atoms with Gasteiger partial charge in [0.05, 0.1) is 7.11 Å². The summed E-state index contributed by atoms with van der Waals surface area (Å²) in [6.07, 6.45) is 4.79. The molecule has 0 aliphatic rings. The summed E-state index contributed by atoms with van der Waals surface area (Å²) in [5.74, 6) is 0.376. The van der Waals surface area contributed by atoms with Gasteiger partial charge in [0.15, 0.2) is 0 Å². The molecule has 0 aliphatic heterocycles. The van der Waals surface area contributed by atoms with Gasteiger partial charge in [0.25, 0.3) is 0 Å². The van der Waals surface area contributed by atoms with Crippen LogP contribution in [0.1, 0.15) is 27.2 Å². The van der Waals surface area contributed by atoms with E-state index >= 15 is 0 Å². The SMILES string of the molecule is C#CCC(N)(C(=O)OC)C(=O)OC(C)(C)C. The lowest BCUT2D eigenvalue weighted by molar-refractivity contribution is -0.170. The molecule has 0 saturated heterocycles. The van der Waals surface area contributed by atoms with Gasteiger partial charge >= 0.3 is 11.9 Å². The minimum Gasteiger partial charge on any atom is -0.467 e. The van der Waals surface area contributed by atoms with Crippen molar-refractivity contribution in [3.05, 3.63) is 0 Å². The quantitative estimate of drug-likeness (QED) is 0.424. The van der Waals surface area contributed by atoms with Gasteiger partial charge in [-0.2, -0.15) is 0 Å². The van der Waals surface area contributed by atoms with Gasteiger partial charge in [0.1, 0.15) is 5.60 Å². The molecular formula is C11H17NO4. The second-order valence-electron chi connectivity index (χ2n) is 4.35. The second kappa shape index (κ2) is 4.99. The lowest BCUT2D eigenvalue weighted by Crippen LogP contribution is -2.57. The van der Waals surface area contributed by atoms with Gasteiger partial charge in [0, 0.05) is 6.42 Å². The van der Waals surface area contributed by atoms with Crippen LogP contribution >= 0.6 is 0 Å². The molecule has 0 spiro atoms. The molecule has 0 bridgehead atoms. The van der Waals surface area contributed by atoms with Gasteiger partial charge < -0.3 is 15.2 Å². The molecule has 5 nitrogen and oxygen atoms in total. The lowest BCUT2D eigenvalue weighted by atomic mass is 9.97. The highest BCUT2D eigenvalue weighted by Gasteiger charge is 2.45. The largest absolute Gasteiger partial charge is 0.467 e. The number of hydrogen-bond donors (Lipinski definition) is 1. The number of nitrogens with two attached hydrogens (primary N) is 1. The number of carbonyl (C=O) groups excluding carboxylic acids is 2. The maximum Gasteiger partial charge on any atom is 0.339 e. The van der Waals surface area contributed by atoms with Crippen LogP contribution in [-0.2, 0) is 19.1 Å². The van der Waals surface area contributed by atoms with Gasteiger partial charge in [-0.05, 0) is 20.8 Å². The van der Waals surface area contributed by atoms with Crippen molar-refractivity contribution in [1.29, 1.82) is 0 Å². The number of carbonyl (C=O) groups is 2. The predicted molar refractivity (Wildman–Crippen MR) is 58.2 cm³/mol. The predicted octanol–water partition coefficient (Wildman–Crippen LogP) is 0.222. The van der Waals surface area contributed by atoms with Crippen LogP contribution in [0.4, 0.5) is 0 Å². The maximum atomic E-state index is 11.7. The fourth-order valence-corrected chi connectivity index (χ4v) is 0.940. The molecule has 1 atom stereocenters. The summed E-state index contributed by atoms with van der Waals surface area (Å²) in [5, 5.41) is 0. The Morgan fingerprint density at radius 1 is 1.31 bits per heavy atom. The molecule has 0 aromatic carbocycles. The first-order valence-electron chi connectivity index (χ1n) is 4.71. The molecule has 0 saturated carbocycles. The standard InChI is InChI=1S/C11H17NO4/c1-6-7-11(12,8(13)15-5)9(14)16-10(2,3)4/h1H,7,12H2,2-5H3. The Balaban J connectivity index is 5.00. The highest BCUT2D eigenvalue weighted by atomic mass is 16.6. The Morgan fingerprint density at radius 3 is 2.12 bits per heavy atom. The Hall–Kier alpha value is -1.54. The molecule has 1 unspecified atom stereocenters. The van der Waals surface area contributed by atoms with E-state index < -0.39 is 23.1 Å². The molecule has 0 amide bonds. The first kappa shape index (κ1) is 14.5. The first-order valence-corrected chi connectivity index (χ1v) is 4.71. The summed E-state index contributed by atoms with van der Waals surface area (Å²) in [7, 11) is 1.13. The molecule has 0 radical (unpaired) electrons. The fraction of sp³-hybridized carbons (Fsp3) is 0.636. The van der Waals surface area contributed by atoms with Crippen LogP contribution in [0.5, 0.6) is 0 Å². The highest BCUT2D eigenvalue weighted by Crippen LogP contribution is 2.16. The van der Waals surface area contributed by atoms with Crippen molar-refractivity contribution in [3.8, 4) is 12.3 Å². The third-order valence-corrected chi connectivity index (χ3v) is 1.69. The number of terminal acetylenes is 1. The average molecular weight is 227 g/mol. The Morgan fingerprint density at radius 2 is 1.81 bits per heavy atom. The minimum absolute atomic E-state index is 0.269. The zero-order valence-corrected chi connectivity index (χ0v) is 9.99. The van der Waals surface area contributed by atoms with Crippen LogP contribution in [0, 0.1) is 12.3 Å². The van der Waals surface area contributed by atoms with E-state index in [9.17, 15) is 9.59 Å². The number of methoxy groups -OCH3 is 1. The van der Waals surface area contributed by atoms with Crippen molar-refractivity contribution in [2.45, 2.75) is 38.3 Å². The number of esters is 2. The zero-order chi connectivity index (χ0) is 13.0. The first-order chi connectivity index (χ1) is 7.17. The Kier molecular flexibility index (Phi) is 4.51. The summed E-state index contributed by atoms with van der Waals surface area (Å²) in [6, 6.07) is 0. The smallest absolute Gasteiger partial charge is 0.339 e. The highest BCUT2D eigenvalue weighted by molar-refractivity contribution is 6.05. The molecule has 0 aromatic rings. The molecule has 0 aromatic heterocycles. The summed E-state index contributed by atoms with van der Waals surface area (Å²) in [4.78, 5) is 23.1. The van der Waals surface area contributed by atoms with Gasteiger partial charge in [-0.1, -0.05) is 0 Å². The molecule has 0 aliphatic carbocycles. The number of rotatable bonds is 3. The van der Waals surface area contributed by atoms with Crippen molar-refractivity contribution in [3.63, 3.8) is 0 Å². The van der Waals surface area contributed by atoms with Gasteiger partial charge in [-0.15, -0.1) is 12.3 Å². The molecule has 2 N–H and O–H groups in total. The van der Waals surface area contributed by atoms with Crippen molar-refractivity contribution >= 4 is 11.9 Å². The summed E-state index contributed by atoms with van der Waals surface area (Å²) in [6.45, 7) is 5.00. The summed E-state index contributed by atoms with van der Waals surface area (Å²) in [5.41, 5.74) is 2.94. The molecule has 0 rings (SSSR count). The van der Waals surface area contributed by atoms with Crippen LogP contribution in [0.25, 0.3) is 0 Å². The van der Waals surface area contributed by atoms with Crippen molar-refractivity contribution in [2.24, 2.45) is 5.73 Å². The van der Waals surface area contributed by atoms with Crippen LogP contribution in [0.2, 0.25) is 0 Å².